The first kappa shape index (κ1) is 20.3. The van der Waals surface area contributed by atoms with Crippen molar-refractivity contribution in [1.82, 2.24) is 19.4 Å². The summed E-state index contributed by atoms with van der Waals surface area (Å²) in [7, 11) is -3.35. The second-order valence-corrected chi connectivity index (χ2v) is 10.6. The Balaban J connectivity index is 1.41. The van der Waals surface area contributed by atoms with Gasteiger partial charge in [0.1, 0.15) is 0 Å². The minimum absolute atomic E-state index is 0.0956. The Kier molecular flexibility index (Phi) is 6.40. The maximum Gasteiger partial charge on any atom is 0.227 e. The number of piperidine rings is 2. The van der Waals surface area contributed by atoms with Crippen LogP contribution in [0.1, 0.15) is 50.6 Å². The van der Waals surface area contributed by atoms with Crippen LogP contribution in [-0.4, -0.2) is 79.0 Å². The van der Waals surface area contributed by atoms with E-state index >= 15 is 0 Å². The van der Waals surface area contributed by atoms with Crippen LogP contribution < -0.4 is 0 Å². The molecule has 0 aliphatic carbocycles. The van der Waals surface area contributed by atoms with Crippen molar-refractivity contribution in [2.75, 3.05) is 39.0 Å². The first-order valence-electron chi connectivity index (χ1n) is 10.8. The molecule has 1 unspecified atom stereocenters. The van der Waals surface area contributed by atoms with E-state index in [4.69, 9.17) is 4.74 Å². The molecule has 3 aliphatic heterocycles. The molecule has 3 aliphatic rings. The number of hydrogen-bond donors (Lipinski definition) is 0. The van der Waals surface area contributed by atoms with Crippen molar-refractivity contribution in [2.45, 2.75) is 75.3 Å². The van der Waals surface area contributed by atoms with E-state index in [0.717, 1.165) is 50.8 Å². The number of nitrogens with zero attached hydrogens (tertiary/aromatic N) is 4. The lowest BCUT2D eigenvalue weighted by Gasteiger charge is -2.40. The van der Waals surface area contributed by atoms with Gasteiger partial charge < -0.3 is 14.2 Å². The average molecular weight is 411 g/mol. The van der Waals surface area contributed by atoms with Crippen LogP contribution in [0.15, 0.2) is 11.4 Å². The van der Waals surface area contributed by atoms with Crippen molar-refractivity contribution in [1.29, 1.82) is 0 Å². The van der Waals surface area contributed by atoms with Crippen LogP contribution in [0.4, 0.5) is 0 Å². The number of imidazole rings is 1. The van der Waals surface area contributed by atoms with E-state index in [-0.39, 0.29) is 11.3 Å². The highest BCUT2D eigenvalue weighted by molar-refractivity contribution is 7.90. The average Bonchev–Trinajstić information content (AvgIpc) is 3.34. The van der Waals surface area contributed by atoms with Crippen LogP contribution >= 0.6 is 0 Å². The van der Waals surface area contributed by atoms with Gasteiger partial charge in [-0.3, -0.25) is 4.90 Å². The summed E-state index contributed by atoms with van der Waals surface area (Å²) in [5, 5.41) is 0.182. The van der Waals surface area contributed by atoms with E-state index < -0.39 is 9.84 Å². The fourth-order valence-corrected chi connectivity index (χ4v) is 5.79. The second kappa shape index (κ2) is 8.81. The molecule has 158 valence electrons. The maximum atomic E-state index is 12.2. The molecule has 0 spiro atoms. The molecule has 3 fully saturated rings. The van der Waals surface area contributed by atoms with E-state index in [2.05, 4.69) is 14.8 Å². The monoisotopic (exact) mass is 410 g/mol. The van der Waals surface area contributed by atoms with E-state index in [1.807, 2.05) is 4.57 Å². The molecule has 0 bridgehead atoms. The van der Waals surface area contributed by atoms with Crippen LogP contribution in [0, 0.1) is 0 Å². The van der Waals surface area contributed by atoms with Crippen LogP contribution in [0.3, 0.4) is 0 Å². The molecular weight excluding hydrogens is 376 g/mol. The highest BCUT2D eigenvalue weighted by atomic mass is 32.2. The van der Waals surface area contributed by atoms with Crippen LogP contribution in [0.25, 0.3) is 0 Å². The van der Waals surface area contributed by atoms with Gasteiger partial charge in [-0.05, 0) is 51.6 Å². The molecule has 4 rings (SSSR count). The van der Waals surface area contributed by atoms with E-state index in [1.54, 1.807) is 6.20 Å². The van der Waals surface area contributed by atoms with E-state index in [0.29, 0.717) is 6.54 Å². The van der Waals surface area contributed by atoms with Crippen molar-refractivity contribution < 1.29 is 13.2 Å². The molecule has 28 heavy (non-hydrogen) atoms. The number of hydrogen-bond acceptors (Lipinski definition) is 6. The summed E-state index contributed by atoms with van der Waals surface area (Å²) >= 11 is 0. The molecule has 0 aromatic carbocycles. The molecule has 3 saturated heterocycles. The zero-order chi connectivity index (χ0) is 19.6. The lowest BCUT2D eigenvalue weighted by Crippen LogP contribution is -2.46. The minimum Gasteiger partial charge on any atom is -0.376 e. The fourth-order valence-electron chi connectivity index (χ4n) is 4.96. The van der Waals surface area contributed by atoms with Gasteiger partial charge in [0.2, 0.25) is 15.0 Å². The smallest absolute Gasteiger partial charge is 0.227 e. The predicted octanol–water partition coefficient (Wildman–Crippen LogP) is 1.92. The number of ether oxygens (including phenoxy) is 1. The second-order valence-electron chi connectivity index (χ2n) is 8.65. The van der Waals surface area contributed by atoms with Gasteiger partial charge in [-0.2, -0.15) is 0 Å². The Morgan fingerprint density at radius 1 is 1.07 bits per heavy atom. The van der Waals surface area contributed by atoms with Crippen LogP contribution in [0.2, 0.25) is 0 Å². The minimum atomic E-state index is -3.35. The number of sulfone groups is 1. The van der Waals surface area contributed by atoms with Crippen molar-refractivity contribution in [3.63, 3.8) is 0 Å². The summed E-state index contributed by atoms with van der Waals surface area (Å²) in [4.78, 5) is 9.41. The Morgan fingerprint density at radius 3 is 2.46 bits per heavy atom. The van der Waals surface area contributed by atoms with Gasteiger partial charge in [-0.15, -0.1) is 0 Å². The molecule has 1 aromatic rings. The molecule has 4 heterocycles. The summed E-state index contributed by atoms with van der Waals surface area (Å²) in [6.45, 7) is 6.78. The van der Waals surface area contributed by atoms with Crippen molar-refractivity contribution in [3.05, 3.63) is 11.9 Å². The number of likely N-dealkylation sites (tertiary alicyclic amines) is 2. The van der Waals surface area contributed by atoms with Crippen molar-refractivity contribution in [2.24, 2.45) is 0 Å². The molecule has 0 N–H and O–H groups in total. The highest BCUT2D eigenvalue weighted by Gasteiger charge is 2.28. The molecule has 8 heteroatoms. The normalized spacial score (nSPS) is 26.1. The summed E-state index contributed by atoms with van der Waals surface area (Å²) in [6, 6.07) is 0.722. The summed E-state index contributed by atoms with van der Waals surface area (Å²) in [5.41, 5.74) is 0.993. The third kappa shape index (κ3) is 4.78. The Bertz CT molecular complexity index is 744. The molecule has 0 saturated carbocycles. The summed E-state index contributed by atoms with van der Waals surface area (Å²) in [6.07, 6.45) is 11.6. The van der Waals surface area contributed by atoms with E-state index in [1.165, 1.54) is 51.4 Å². The first-order valence-corrected chi connectivity index (χ1v) is 12.7. The largest absolute Gasteiger partial charge is 0.376 e. The molecule has 1 atom stereocenters. The standard InChI is InChI=1S/C20H34N4O3S/c1-28(25,26)20-21-14-18(24(20)16-19-6-5-13-27-19)15-22-11-7-17(8-12-22)23-9-3-2-4-10-23/h14,17,19H,2-13,15-16H2,1H3. The topological polar surface area (TPSA) is 67.7 Å². The summed E-state index contributed by atoms with van der Waals surface area (Å²) < 4.78 is 32.1. The molecule has 0 radical (unpaired) electrons. The third-order valence-electron chi connectivity index (χ3n) is 6.49. The van der Waals surface area contributed by atoms with Crippen molar-refractivity contribution in [3.8, 4) is 0 Å². The van der Waals surface area contributed by atoms with Crippen molar-refractivity contribution >= 4 is 9.84 Å². The van der Waals surface area contributed by atoms with Gasteiger partial charge in [0, 0.05) is 38.5 Å². The molecule has 0 amide bonds. The summed E-state index contributed by atoms with van der Waals surface area (Å²) in [5.74, 6) is 0. The zero-order valence-corrected chi connectivity index (χ0v) is 17.9. The van der Waals surface area contributed by atoms with Gasteiger partial charge in [0.05, 0.1) is 24.5 Å². The third-order valence-corrected chi connectivity index (χ3v) is 7.48. The predicted molar refractivity (Wildman–Crippen MR) is 108 cm³/mol. The fraction of sp³-hybridized carbons (Fsp3) is 0.850. The quantitative estimate of drug-likeness (QED) is 0.714. The molecule has 7 nitrogen and oxygen atoms in total. The van der Waals surface area contributed by atoms with Crippen LogP contribution in [-0.2, 0) is 27.7 Å². The lowest BCUT2D eigenvalue weighted by atomic mass is 10.00. The van der Waals surface area contributed by atoms with Gasteiger partial charge in [0.25, 0.3) is 0 Å². The Morgan fingerprint density at radius 2 is 1.82 bits per heavy atom. The molecule has 1 aromatic heterocycles. The maximum absolute atomic E-state index is 12.2. The van der Waals surface area contributed by atoms with Crippen LogP contribution in [0.5, 0.6) is 0 Å². The lowest BCUT2D eigenvalue weighted by molar-refractivity contribution is 0.0838. The zero-order valence-electron chi connectivity index (χ0n) is 17.1. The highest BCUT2D eigenvalue weighted by Crippen LogP contribution is 2.24. The molecular formula is C20H34N4O3S. The Hall–Kier alpha value is -0.960. The van der Waals surface area contributed by atoms with Gasteiger partial charge in [0.15, 0.2) is 0 Å². The first-order chi connectivity index (χ1) is 13.5. The van der Waals surface area contributed by atoms with E-state index in [9.17, 15) is 8.42 Å². The SMILES string of the molecule is CS(=O)(=O)c1ncc(CN2CCC(N3CCCCC3)CC2)n1CC1CCCO1. The number of aromatic nitrogens is 2. The number of rotatable bonds is 6. The van der Waals surface area contributed by atoms with Gasteiger partial charge >= 0.3 is 0 Å². The Labute approximate surface area is 169 Å². The van der Waals surface area contributed by atoms with Gasteiger partial charge in [-0.25, -0.2) is 13.4 Å². The van der Waals surface area contributed by atoms with Gasteiger partial charge in [-0.1, -0.05) is 6.42 Å².